The molecule has 29 heavy (non-hydrogen) atoms. The molecule has 0 fully saturated rings. The van der Waals surface area contributed by atoms with Crippen LogP contribution in [0.2, 0.25) is 0 Å². The van der Waals surface area contributed by atoms with Gasteiger partial charge in [-0.2, -0.15) is 0 Å². The molecule has 4 aromatic rings. The summed E-state index contributed by atoms with van der Waals surface area (Å²) >= 11 is 1.41. The predicted octanol–water partition coefficient (Wildman–Crippen LogP) is 2.74. The van der Waals surface area contributed by atoms with Gasteiger partial charge < -0.3 is 9.73 Å². The molecule has 1 aromatic carbocycles. The Hall–Kier alpha value is -3.72. The van der Waals surface area contributed by atoms with E-state index >= 15 is 0 Å². The van der Waals surface area contributed by atoms with Crippen LogP contribution >= 0.6 is 11.3 Å². The van der Waals surface area contributed by atoms with Crippen LogP contribution in [0.15, 0.2) is 70.3 Å². The number of aromatic nitrogens is 2. The third kappa shape index (κ3) is 4.25. The first kappa shape index (κ1) is 18.6. The maximum absolute atomic E-state index is 12.7. The van der Waals surface area contributed by atoms with Gasteiger partial charge in [0.2, 0.25) is 5.91 Å². The van der Waals surface area contributed by atoms with Crippen molar-refractivity contribution >= 4 is 33.5 Å². The Morgan fingerprint density at radius 1 is 1.14 bits per heavy atom. The summed E-state index contributed by atoms with van der Waals surface area (Å²) < 4.78 is 6.27. The summed E-state index contributed by atoms with van der Waals surface area (Å²) in [6, 6.07) is 14.2. The lowest BCUT2D eigenvalue weighted by atomic mass is 10.2. The molecule has 0 radical (unpaired) electrons. The molecular weight excluding hydrogens is 392 g/mol. The van der Waals surface area contributed by atoms with Crippen LogP contribution in [0.5, 0.6) is 0 Å². The van der Waals surface area contributed by atoms with Crippen LogP contribution in [0.3, 0.4) is 0 Å². The van der Waals surface area contributed by atoms with E-state index in [-0.39, 0.29) is 18.6 Å². The molecule has 0 aliphatic heterocycles. The lowest BCUT2D eigenvalue weighted by Crippen LogP contribution is -2.41. The topological polar surface area (TPSA) is 106 Å². The average Bonchev–Trinajstić information content (AvgIpc) is 3.39. The summed E-state index contributed by atoms with van der Waals surface area (Å²) in [5, 5.41) is 5.12. The largest absolute Gasteiger partial charge is 0.467 e. The normalized spacial score (nSPS) is 10.8. The minimum Gasteiger partial charge on any atom is -0.467 e. The van der Waals surface area contributed by atoms with Gasteiger partial charge in [-0.3, -0.25) is 19.5 Å². The van der Waals surface area contributed by atoms with Gasteiger partial charge in [0.1, 0.15) is 17.1 Å². The number of nitrogens with zero attached hydrogens (tertiary/aromatic N) is 2. The summed E-state index contributed by atoms with van der Waals surface area (Å²) in [4.78, 5) is 42.4. The molecule has 146 valence electrons. The number of hydrogen-bond donors (Lipinski definition) is 2. The molecule has 3 amide bonds. The van der Waals surface area contributed by atoms with E-state index < -0.39 is 11.9 Å². The van der Waals surface area contributed by atoms with E-state index in [0.717, 1.165) is 10.4 Å². The molecule has 0 atom stereocenters. The fourth-order valence-electron chi connectivity index (χ4n) is 2.76. The van der Waals surface area contributed by atoms with Crippen molar-refractivity contribution in [3.05, 3.63) is 77.2 Å². The zero-order valence-electron chi connectivity index (χ0n) is 15.1. The molecule has 4 rings (SSSR count). The highest BCUT2D eigenvalue weighted by atomic mass is 32.1. The number of hydrogen-bond acceptors (Lipinski definition) is 6. The number of carbonyl (C=O) groups excluding carboxylic acids is 2. The van der Waals surface area contributed by atoms with Crippen LogP contribution in [-0.2, 0) is 17.9 Å². The maximum Gasteiger partial charge on any atom is 0.321 e. The molecule has 0 bridgehead atoms. The van der Waals surface area contributed by atoms with Gasteiger partial charge in [-0.05, 0) is 23.8 Å². The van der Waals surface area contributed by atoms with Crippen molar-refractivity contribution in [1.29, 1.82) is 0 Å². The van der Waals surface area contributed by atoms with Crippen molar-refractivity contribution in [2.24, 2.45) is 0 Å². The zero-order valence-corrected chi connectivity index (χ0v) is 15.9. The second-order valence-electron chi connectivity index (χ2n) is 6.18. The number of nitrogens with one attached hydrogen (secondary N) is 2. The average molecular weight is 408 g/mol. The molecule has 9 heteroatoms. The van der Waals surface area contributed by atoms with Crippen LogP contribution in [-0.4, -0.2) is 21.5 Å². The van der Waals surface area contributed by atoms with Gasteiger partial charge in [0.15, 0.2) is 0 Å². The molecule has 0 aliphatic rings. The van der Waals surface area contributed by atoms with Crippen molar-refractivity contribution in [2.45, 2.75) is 13.1 Å². The van der Waals surface area contributed by atoms with E-state index in [1.807, 2.05) is 30.3 Å². The number of fused-ring (bicyclic) bond motifs is 1. The highest BCUT2D eigenvalue weighted by Gasteiger charge is 2.14. The Bertz CT molecular complexity index is 1210. The fourth-order valence-corrected chi connectivity index (χ4v) is 3.76. The monoisotopic (exact) mass is 408 g/mol. The molecule has 0 spiro atoms. The highest BCUT2D eigenvalue weighted by Crippen LogP contribution is 2.30. The molecule has 0 saturated heterocycles. The van der Waals surface area contributed by atoms with Crippen LogP contribution in [0.25, 0.3) is 20.7 Å². The summed E-state index contributed by atoms with van der Waals surface area (Å²) in [5.74, 6) is -0.0612. The number of thiophene rings is 1. The van der Waals surface area contributed by atoms with Gasteiger partial charge in [-0.25, -0.2) is 9.78 Å². The minimum atomic E-state index is -0.671. The van der Waals surface area contributed by atoms with Crippen molar-refractivity contribution in [1.82, 2.24) is 20.2 Å². The van der Waals surface area contributed by atoms with Gasteiger partial charge in [-0.1, -0.05) is 30.3 Å². The Balaban J connectivity index is 1.45. The quantitative estimate of drug-likeness (QED) is 0.528. The number of carbonyl (C=O) groups is 2. The Kier molecular flexibility index (Phi) is 5.21. The molecule has 8 nitrogen and oxygen atoms in total. The molecule has 0 saturated carbocycles. The fraction of sp³-hybridized carbons (Fsp3) is 0.100. The number of imide groups is 1. The van der Waals surface area contributed by atoms with E-state index in [1.165, 1.54) is 28.5 Å². The van der Waals surface area contributed by atoms with E-state index in [9.17, 15) is 14.4 Å². The Morgan fingerprint density at radius 2 is 1.97 bits per heavy atom. The Morgan fingerprint density at radius 3 is 2.72 bits per heavy atom. The number of benzene rings is 1. The second kappa shape index (κ2) is 8.11. The third-order valence-electron chi connectivity index (χ3n) is 4.15. The maximum atomic E-state index is 12.7. The molecule has 3 heterocycles. The van der Waals surface area contributed by atoms with E-state index in [2.05, 4.69) is 15.6 Å². The molecule has 0 aliphatic carbocycles. The highest BCUT2D eigenvalue weighted by molar-refractivity contribution is 7.21. The van der Waals surface area contributed by atoms with Gasteiger partial charge in [0.05, 0.1) is 24.5 Å². The smallest absolute Gasteiger partial charge is 0.321 e. The summed E-state index contributed by atoms with van der Waals surface area (Å²) in [5.41, 5.74) is 0.659. The van der Waals surface area contributed by atoms with Crippen molar-refractivity contribution < 1.29 is 14.0 Å². The summed E-state index contributed by atoms with van der Waals surface area (Å²) in [7, 11) is 0. The molecule has 3 aromatic heterocycles. The van der Waals surface area contributed by atoms with Crippen LogP contribution in [0.1, 0.15) is 5.76 Å². The zero-order chi connectivity index (χ0) is 20.2. The third-order valence-corrected chi connectivity index (χ3v) is 5.24. The number of rotatable bonds is 5. The first-order valence-corrected chi connectivity index (χ1v) is 9.56. The van der Waals surface area contributed by atoms with Gasteiger partial charge in [0.25, 0.3) is 5.56 Å². The van der Waals surface area contributed by atoms with Crippen LogP contribution < -0.4 is 16.2 Å². The van der Waals surface area contributed by atoms with Crippen LogP contribution in [0.4, 0.5) is 4.79 Å². The van der Waals surface area contributed by atoms with Crippen molar-refractivity contribution in [2.75, 3.05) is 0 Å². The van der Waals surface area contributed by atoms with E-state index in [0.29, 0.717) is 16.0 Å². The lowest BCUT2D eigenvalue weighted by molar-refractivity contribution is -0.120. The van der Waals surface area contributed by atoms with E-state index in [4.69, 9.17) is 4.42 Å². The second-order valence-corrected chi connectivity index (χ2v) is 7.21. The first-order chi connectivity index (χ1) is 14.1. The predicted molar refractivity (Wildman–Crippen MR) is 108 cm³/mol. The molecule has 0 unspecified atom stereocenters. The number of urea groups is 1. The number of amides is 3. The standard InChI is InChI=1S/C20H16N4O4S/c25-17(23-20(27)21-10-14-7-4-8-28-14)11-24-12-22-18-15(19(24)26)9-16(29-18)13-5-2-1-3-6-13/h1-9,12H,10-11H2,(H2,21,23,25,27). The SMILES string of the molecule is O=C(Cn1cnc2sc(-c3ccccc3)cc2c1=O)NC(=O)NCc1ccco1. The molecule has 2 N–H and O–H groups in total. The van der Waals surface area contributed by atoms with Gasteiger partial charge in [-0.15, -0.1) is 11.3 Å². The van der Waals surface area contributed by atoms with E-state index in [1.54, 1.807) is 18.2 Å². The summed E-state index contributed by atoms with van der Waals surface area (Å²) in [6.45, 7) is -0.163. The van der Waals surface area contributed by atoms with Gasteiger partial charge >= 0.3 is 6.03 Å². The number of furan rings is 1. The van der Waals surface area contributed by atoms with Crippen molar-refractivity contribution in [3.8, 4) is 10.4 Å². The van der Waals surface area contributed by atoms with Crippen molar-refractivity contribution in [3.63, 3.8) is 0 Å². The van der Waals surface area contributed by atoms with Crippen LogP contribution in [0, 0.1) is 0 Å². The first-order valence-electron chi connectivity index (χ1n) is 8.74. The van der Waals surface area contributed by atoms with Gasteiger partial charge in [0, 0.05) is 4.88 Å². The Labute approximate surface area is 168 Å². The molecular formula is C20H16N4O4S. The lowest BCUT2D eigenvalue weighted by Gasteiger charge is -2.07. The summed E-state index contributed by atoms with van der Waals surface area (Å²) in [6.07, 6.45) is 2.81. The minimum absolute atomic E-state index is 0.150.